The van der Waals surface area contributed by atoms with Crippen molar-refractivity contribution in [2.75, 3.05) is 6.54 Å². The van der Waals surface area contributed by atoms with Gasteiger partial charge in [-0.3, -0.25) is 14.4 Å². The highest BCUT2D eigenvalue weighted by Gasteiger charge is 2.37. The van der Waals surface area contributed by atoms with Crippen molar-refractivity contribution in [1.82, 2.24) is 10.6 Å². The van der Waals surface area contributed by atoms with Crippen LogP contribution in [0.3, 0.4) is 0 Å². The molecule has 11 nitrogen and oxygen atoms in total. The fraction of sp³-hybridized carbons (Fsp3) is 0.560. The zero-order chi connectivity index (χ0) is 26.7. The smallest absolute Gasteiger partial charge is 0.356 e. The van der Waals surface area contributed by atoms with Gasteiger partial charge in [0.2, 0.25) is 11.8 Å². The minimum absolute atomic E-state index is 0.0182. The van der Waals surface area contributed by atoms with Crippen LogP contribution in [0.5, 0.6) is 5.75 Å². The zero-order valence-electron chi connectivity index (χ0n) is 20.3. The van der Waals surface area contributed by atoms with E-state index >= 15 is 0 Å². The lowest BCUT2D eigenvalue weighted by Crippen LogP contribution is -2.51. The Bertz CT molecular complexity index is 918. The number of carbonyl (C=O) groups excluding carboxylic acids is 2. The quantitative estimate of drug-likeness (QED) is 0.186. The highest BCUT2D eigenvalue weighted by molar-refractivity contribution is 5.96. The molecule has 2 amide bonds. The molecule has 1 aliphatic carbocycles. The molecule has 36 heavy (non-hydrogen) atoms. The van der Waals surface area contributed by atoms with E-state index in [0.29, 0.717) is 24.9 Å². The molecule has 198 valence electrons. The molecule has 0 aliphatic heterocycles. The fourth-order valence-electron chi connectivity index (χ4n) is 4.22. The monoisotopic (exact) mass is 506 g/mol. The Kier molecular flexibility index (Phi) is 11.2. The summed E-state index contributed by atoms with van der Waals surface area (Å²) in [7, 11) is 0. The first kappa shape index (κ1) is 28.6. The van der Waals surface area contributed by atoms with Gasteiger partial charge in [0.1, 0.15) is 11.8 Å². The first-order valence-corrected chi connectivity index (χ1v) is 12.2. The van der Waals surface area contributed by atoms with E-state index in [1.165, 1.54) is 12.1 Å². The van der Waals surface area contributed by atoms with Gasteiger partial charge in [-0.05, 0) is 37.0 Å². The Labute approximate surface area is 209 Å². The number of ether oxygens (including phenoxy) is 1. The fourth-order valence-corrected chi connectivity index (χ4v) is 4.22. The Morgan fingerprint density at radius 2 is 1.56 bits per heavy atom. The molecule has 1 aromatic rings. The number of amides is 2. The van der Waals surface area contributed by atoms with Gasteiger partial charge in [0.25, 0.3) is 6.10 Å². The number of nitrogens with one attached hydrogen (secondary N) is 2. The Morgan fingerprint density at radius 3 is 2.11 bits per heavy atom. The van der Waals surface area contributed by atoms with Gasteiger partial charge < -0.3 is 30.7 Å². The molecule has 1 fully saturated rings. The number of hydrogen-bond donors (Lipinski definition) is 5. The molecule has 1 aromatic carbocycles. The standard InChI is InChI=1S/C25H34N2O9/c1-2-3-6-13-26-22(29)19(27-21(28)17-7-4-5-8-18(17)23(30)31)14-15-9-11-16(12-10-15)36-20(24(32)33)25(34)35/h9-12,17-20H,2-8,13-14H2,1H3,(H,26,29)(H,27,28)(H,30,31)(H,32,33)(H,34,35)/t17-,18-,19?/m0/s1. The highest BCUT2D eigenvalue weighted by Crippen LogP contribution is 2.30. The zero-order valence-corrected chi connectivity index (χ0v) is 20.3. The number of carboxylic acid groups (broad SMARTS) is 3. The first-order valence-electron chi connectivity index (χ1n) is 12.2. The van der Waals surface area contributed by atoms with Crippen molar-refractivity contribution in [3.8, 4) is 5.75 Å². The van der Waals surface area contributed by atoms with E-state index in [-0.39, 0.29) is 18.1 Å². The highest BCUT2D eigenvalue weighted by atomic mass is 16.5. The number of hydrogen-bond acceptors (Lipinski definition) is 6. The molecule has 1 aliphatic rings. The van der Waals surface area contributed by atoms with Crippen LogP contribution in [0.2, 0.25) is 0 Å². The number of benzene rings is 1. The molecule has 0 bridgehead atoms. The van der Waals surface area contributed by atoms with Gasteiger partial charge in [0.05, 0.1) is 11.8 Å². The maximum Gasteiger partial charge on any atom is 0.356 e. The summed E-state index contributed by atoms with van der Waals surface area (Å²) < 4.78 is 5.00. The van der Waals surface area contributed by atoms with Crippen molar-refractivity contribution < 1.29 is 44.0 Å². The molecule has 3 atom stereocenters. The van der Waals surface area contributed by atoms with E-state index in [9.17, 15) is 29.1 Å². The van der Waals surface area contributed by atoms with Gasteiger partial charge in [0, 0.05) is 13.0 Å². The molecule has 5 N–H and O–H groups in total. The minimum atomic E-state index is -2.06. The average molecular weight is 507 g/mol. The SMILES string of the molecule is CCCCCNC(=O)C(Cc1ccc(OC(C(=O)O)C(=O)O)cc1)NC(=O)[C@H]1CCCC[C@@H]1C(=O)O. The molecule has 0 heterocycles. The number of carbonyl (C=O) groups is 5. The summed E-state index contributed by atoms with van der Waals surface area (Å²) in [4.78, 5) is 59.6. The molecule has 11 heteroatoms. The average Bonchev–Trinajstić information content (AvgIpc) is 2.85. The minimum Gasteiger partial charge on any atom is -0.481 e. The van der Waals surface area contributed by atoms with E-state index in [0.717, 1.165) is 32.1 Å². The lowest BCUT2D eigenvalue weighted by Gasteiger charge is -2.29. The Morgan fingerprint density at radius 1 is 0.944 bits per heavy atom. The van der Waals surface area contributed by atoms with Crippen LogP contribution in [0.4, 0.5) is 0 Å². The third-order valence-corrected chi connectivity index (χ3v) is 6.20. The van der Waals surface area contributed by atoms with Gasteiger partial charge in [0.15, 0.2) is 0 Å². The predicted molar refractivity (Wildman–Crippen MR) is 127 cm³/mol. The molecule has 2 rings (SSSR count). The summed E-state index contributed by atoms with van der Waals surface area (Å²) in [5.74, 6) is -6.66. The van der Waals surface area contributed by atoms with E-state index < -0.39 is 47.8 Å². The van der Waals surface area contributed by atoms with Crippen LogP contribution in [0.15, 0.2) is 24.3 Å². The molecule has 0 spiro atoms. The van der Waals surface area contributed by atoms with Gasteiger partial charge >= 0.3 is 17.9 Å². The summed E-state index contributed by atoms with van der Waals surface area (Å²) in [6.45, 7) is 2.48. The maximum absolute atomic E-state index is 13.0. The molecule has 1 unspecified atom stereocenters. The predicted octanol–water partition coefficient (Wildman–Crippen LogP) is 1.83. The van der Waals surface area contributed by atoms with Gasteiger partial charge in [-0.15, -0.1) is 0 Å². The maximum atomic E-state index is 13.0. The lowest BCUT2D eigenvalue weighted by molar-refractivity contribution is -0.159. The van der Waals surface area contributed by atoms with E-state index in [1.807, 2.05) is 6.92 Å². The van der Waals surface area contributed by atoms with Crippen LogP contribution >= 0.6 is 0 Å². The second kappa shape index (κ2) is 14.1. The van der Waals surface area contributed by atoms with Gasteiger partial charge in [-0.25, -0.2) is 9.59 Å². The van der Waals surface area contributed by atoms with Crippen molar-refractivity contribution in [3.63, 3.8) is 0 Å². The third-order valence-electron chi connectivity index (χ3n) is 6.20. The summed E-state index contributed by atoms with van der Waals surface area (Å²) in [6.07, 6.45) is 3.07. The van der Waals surface area contributed by atoms with Gasteiger partial charge in [-0.1, -0.05) is 44.7 Å². The molecule has 0 aromatic heterocycles. The van der Waals surface area contributed by atoms with Crippen molar-refractivity contribution in [2.45, 2.75) is 70.4 Å². The normalized spacial score (nSPS) is 18.2. The van der Waals surface area contributed by atoms with E-state index in [2.05, 4.69) is 10.6 Å². The lowest BCUT2D eigenvalue weighted by atomic mass is 9.78. The number of carboxylic acids is 3. The molecular formula is C25H34N2O9. The van der Waals surface area contributed by atoms with Gasteiger partial charge in [-0.2, -0.15) is 0 Å². The first-order chi connectivity index (χ1) is 17.1. The van der Waals surface area contributed by atoms with Crippen LogP contribution in [0, 0.1) is 11.8 Å². The van der Waals surface area contributed by atoms with E-state index in [1.54, 1.807) is 12.1 Å². The van der Waals surface area contributed by atoms with Crippen molar-refractivity contribution in [2.24, 2.45) is 11.8 Å². The molecule has 1 saturated carbocycles. The van der Waals surface area contributed by atoms with Crippen LogP contribution < -0.4 is 15.4 Å². The second-order valence-corrected chi connectivity index (χ2v) is 8.92. The molecule has 0 saturated heterocycles. The van der Waals surface area contributed by atoms with E-state index in [4.69, 9.17) is 14.9 Å². The summed E-state index contributed by atoms with van der Waals surface area (Å²) >= 11 is 0. The summed E-state index contributed by atoms with van der Waals surface area (Å²) in [6, 6.07) is 4.90. The largest absolute Gasteiger partial charge is 0.481 e. The van der Waals surface area contributed by atoms with Crippen LogP contribution in [0.25, 0.3) is 0 Å². The topological polar surface area (TPSA) is 179 Å². The number of unbranched alkanes of at least 4 members (excludes halogenated alkanes) is 2. The summed E-state index contributed by atoms with van der Waals surface area (Å²) in [5.41, 5.74) is 0.608. The molecular weight excluding hydrogens is 472 g/mol. The number of aliphatic carboxylic acids is 3. The van der Waals surface area contributed by atoms with Crippen molar-refractivity contribution >= 4 is 29.7 Å². The van der Waals surface area contributed by atoms with Crippen molar-refractivity contribution in [1.29, 1.82) is 0 Å². The van der Waals surface area contributed by atoms with Crippen LogP contribution in [-0.4, -0.2) is 63.7 Å². The van der Waals surface area contributed by atoms with Crippen molar-refractivity contribution in [3.05, 3.63) is 29.8 Å². The second-order valence-electron chi connectivity index (χ2n) is 8.92. The Balaban J connectivity index is 2.14. The number of rotatable bonds is 14. The third kappa shape index (κ3) is 8.54. The summed E-state index contributed by atoms with van der Waals surface area (Å²) in [5, 5.41) is 33.0. The van der Waals surface area contributed by atoms with Crippen LogP contribution in [0.1, 0.15) is 57.4 Å². The molecule has 0 radical (unpaired) electrons. The van der Waals surface area contributed by atoms with Crippen LogP contribution in [-0.2, 0) is 30.4 Å². The Hall–Kier alpha value is -3.63.